The van der Waals surface area contributed by atoms with Crippen LogP contribution in [0.2, 0.25) is 0 Å². The average Bonchev–Trinajstić information content (AvgIpc) is 3.34. The highest BCUT2D eigenvalue weighted by Gasteiger charge is 2.29. The van der Waals surface area contributed by atoms with E-state index in [2.05, 4.69) is 32.2 Å². The molecule has 2 unspecified atom stereocenters. The molecule has 0 radical (unpaired) electrons. The number of hydrogen-bond acceptors (Lipinski definition) is 8. The molecule has 2 atom stereocenters. The Bertz CT molecular complexity index is 1060. The third-order valence-corrected chi connectivity index (χ3v) is 8.96. The average molecular weight is 506 g/mol. The van der Waals surface area contributed by atoms with Crippen LogP contribution in [0.3, 0.4) is 0 Å². The molecule has 3 heterocycles. The number of anilines is 1. The van der Waals surface area contributed by atoms with E-state index in [0.29, 0.717) is 19.3 Å². The topological polar surface area (TPSA) is 109 Å². The van der Waals surface area contributed by atoms with E-state index in [1.54, 1.807) is 13.4 Å². The van der Waals surface area contributed by atoms with Gasteiger partial charge in [-0.1, -0.05) is 12.2 Å². The number of nitrogens with zero attached hydrogens (tertiary/aromatic N) is 3. The SMILES string of the molecule is COCCOC1CCCNC1C=CCS(=O)(=O)C[C@H]1CC[C@H](N(C)c2ncnc3[nH]ccc23)CC1. The molecule has 35 heavy (non-hydrogen) atoms. The number of aromatic amines is 1. The van der Waals surface area contributed by atoms with Crippen molar-refractivity contribution in [3.63, 3.8) is 0 Å². The summed E-state index contributed by atoms with van der Waals surface area (Å²) in [6.45, 7) is 2.04. The Morgan fingerprint density at radius 2 is 2.00 bits per heavy atom. The van der Waals surface area contributed by atoms with E-state index < -0.39 is 9.84 Å². The summed E-state index contributed by atoms with van der Waals surface area (Å²) in [5, 5.41) is 4.46. The molecule has 2 fully saturated rings. The van der Waals surface area contributed by atoms with Gasteiger partial charge in [0, 0.05) is 26.4 Å². The minimum absolute atomic E-state index is 0.0510. The fourth-order valence-electron chi connectivity index (χ4n) is 5.33. The van der Waals surface area contributed by atoms with E-state index >= 15 is 0 Å². The summed E-state index contributed by atoms with van der Waals surface area (Å²) in [6.07, 6.45) is 13.1. The summed E-state index contributed by atoms with van der Waals surface area (Å²) in [7, 11) is 0.592. The number of fused-ring (bicyclic) bond motifs is 1. The first-order chi connectivity index (χ1) is 17.0. The maximum Gasteiger partial charge on any atom is 0.154 e. The number of H-pyrrole nitrogens is 1. The van der Waals surface area contributed by atoms with E-state index in [1.807, 2.05) is 24.4 Å². The molecule has 0 aromatic carbocycles. The van der Waals surface area contributed by atoms with Crippen molar-refractivity contribution in [3.8, 4) is 0 Å². The molecular weight excluding hydrogens is 466 g/mol. The zero-order valence-corrected chi connectivity index (χ0v) is 21.7. The van der Waals surface area contributed by atoms with Crippen molar-refractivity contribution in [3.05, 3.63) is 30.7 Å². The molecule has 0 bridgehead atoms. The van der Waals surface area contributed by atoms with Crippen LogP contribution in [-0.2, 0) is 19.3 Å². The van der Waals surface area contributed by atoms with E-state index in [9.17, 15) is 8.42 Å². The van der Waals surface area contributed by atoms with Crippen molar-refractivity contribution in [2.45, 2.75) is 56.7 Å². The second kappa shape index (κ2) is 12.3. The summed E-state index contributed by atoms with van der Waals surface area (Å²) >= 11 is 0. The lowest BCUT2D eigenvalue weighted by molar-refractivity contribution is -0.00678. The lowest BCUT2D eigenvalue weighted by atomic mass is 9.86. The van der Waals surface area contributed by atoms with Gasteiger partial charge < -0.3 is 24.7 Å². The zero-order valence-electron chi connectivity index (χ0n) is 20.9. The highest BCUT2D eigenvalue weighted by Crippen LogP contribution is 2.32. The fraction of sp³-hybridized carbons (Fsp3) is 0.680. The van der Waals surface area contributed by atoms with E-state index in [4.69, 9.17) is 9.47 Å². The number of sulfone groups is 1. The number of aromatic nitrogens is 3. The molecule has 1 saturated heterocycles. The quantitative estimate of drug-likeness (QED) is 0.354. The van der Waals surface area contributed by atoms with Gasteiger partial charge in [0.05, 0.1) is 42.3 Å². The van der Waals surface area contributed by atoms with Crippen LogP contribution in [0, 0.1) is 5.92 Å². The summed E-state index contributed by atoms with van der Waals surface area (Å²) in [5.41, 5.74) is 0.839. The second-order valence-corrected chi connectivity index (χ2v) is 11.9. The molecule has 1 aliphatic carbocycles. The van der Waals surface area contributed by atoms with Crippen LogP contribution in [0.25, 0.3) is 11.0 Å². The van der Waals surface area contributed by atoms with E-state index in [1.165, 1.54) is 0 Å². The highest BCUT2D eigenvalue weighted by molar-refractivity contribution is 7.91. The first-order valence-corrected chi connectivity index (χ1v) is 14.5. The Morgan fingerprint density at radius 1 is 1.17 bits per heavy atom. The second-order valence-electron chi connectivity index (χ2n) is 9.75. The fourth-order valence-corrected chi connectivity index (χ4v) is 6.92. The van der Waals surface area contributed by atoms with Crippen LogP contribution in [0.5, 0.6) is 0 Å². The van der Waals surface area contributed by atoms with Gasteiger partial charge in [-0.05, 0) is 57.1 Å². The molecule has 10 heteroatoms. The van der Waals surface area contributed by atoms with Crippen molar-refractivity contribution < 1.29 is 17.9 Å². The molecule has 2 aromatic rings. The number of methoxy groups -OCH3 is 1. The maximum absolute atomic E-state index is 12.8. The summed E-state index contributed by atoms with van der Waals surface area (Å²) in [5.74, 6) is 1.49. The monoisotopic (exact) mass is 505 g/mol. The van der Waals surface area contributed by atoms with Gasteiger partial charge in [0.2, 0.25) is 0 Å². The predicted octanol–water partition coefficient (Wildman–Crippen LogP) is 2.71. The third kappa shape index (κ3) is 7.03. The number of rotatable bonds is 11. The van der Waals surface area contributed by atoms with Crippen molar-refractivity contribution in [2.24, 2.45) is 5.92 Å². The largest absolute Gasteiger partial charge is 0.382 e. The lowest BCUT2D eigenvalue weighted by Crippen LogP contribution is -2.45. The molecule has 4 rings (SSSR count). The Balaban J connectivity index is 1.25. The normalized spacial score (nSPS) is 25.9. The minimum atomic E-state index is -3.15. The lowest BCUT2D eigenvalue weighted by Gasteiger charge is -2.35. The van der Waals surface area contributed by atoms with Crippen molar-refractivity contribution in [1.29, 1.82) is 0 Å². The summed E-state index contributed by atoms with van der Waals surface area (Å²) in [4.78, 5) is 14.1. The first-order valence-electron chi connectivity index (χ1n) is 12.7. The standard InChI is InChI=1S/C25H39N5O4S/c1-30(25-21-11-13-27-24(21)28-18-29-25)20-9-7-19(8-10-20)17-35(31,32)16-4-5-22-23(6-3-12-26-22)34-15-14-33-2/h4-5,11,13,18-20,22-23,26H,3,6-10,12,14-17H2,1-2H3,(H,27,28,29)/t19-,20-,22?,23?. The van der Waals surface area contributed by atoms with Crippen molar-refractivity contribution in [2.75, 3.05) is 50.3 Å². The van der Waals surface area contributed by atoms with Gasteiger partial charge in [0.15, 0.2) is 9.84 Å². The van der Waals surface area contributed by atoms with Crippen molar-refractivity contribution in [1.82, 2.24) is 20.3 Å². The van der Waals surface area contributed by atoms with Gasteiger partial charge in [-0.25, -0.2) is 18.4 Å². The molecule has 0 spiro atoms. The molecule has 1 saturated carbocycles. The van der Waals surface area contributed by atoms with Gasteiger partial charge in [0.25, 0.3) is 0 Å². The Morgan fingerprint density at radius 3 is 2.80 bits per heavy atom. The molecule has 9 nitrogen and oxygen atoms in total. The first kappa shape index (κ1) is 26.1. The third-order valence-electron chi connectivity index (χ3n) is 7.28. The number of hydrogen-bond donors (Lipinski definition) is 2. The van der Waals surface area contributed by atoms with Gasteiger partial charge in [0.1, 0.15) is 17.8 Å². The molecule has 0 amide bonds. The van der Waals surface area contributed by atoms with E-state index in [-0.39, 0.29) is 29.6 Å². The molecule has 2 aliphatic rings. The molecule has 2 aromatic heterocycles. The van der Waals surface area contributed by atoms with Gasteiger partial charge in [-0.15, -0.1) is 0 Å². The Kier molecular flexibility index (Phi) is 9.16. The smallest absolute Gasteiger partial charge is 0.154 e. The van der Waals surface area contributed by atoms with Crippen LogP contribution in [0.4, 0.5) is 5.82 Å². The molecule has 1 aliphatic heterocycles. The Hall–Kier alpha value is -2.01. The molecular formula is C25H39N5O4S. The van der Waals surface area contributed by atoms with Crippen LogP contribution in [-0.4, -0.2) is 87.0 Å². The Labute approximate surface area is 208 Å². The van der Waals surface area contributed by atoms with Gasteiger partial charge in [-0.2, -0.15) is 0 Å². The zero-order chi connectivity index (χ0) is 24.7. The predicted molar refractivity (Wildman–Crippen MR) is 138 cm³/mol. The molecule has 2 N–H and O–H groups in total. The summed E-state index contributed by atoms with van der Waals surface area (Å²) in [6, 6.07) is 2.41. The minimum Gasteiger partial charge on any atom is -0.382 e. The summed E-state index contributed by atoms with van der Waals surface area (Å²) < 4.78 is 36.7. The highest BCUT2D eigenvalue weighted by atomic mass is 32.2. The van der Waals surface area contributed by atoms with Gasteiger partial charge in [-0.3, -0.25) is 0 Å². The maximum atomic E-state index is 12.8. The van der Waals surface area contributed by atoms with Crippen LogP contribution in [0.1, 0.15) is 38.5 Å². The number of nitrogens with one attached hydrogen (secondary N) is 2. The number of ether oxygens (including phenoxy) is 2. The number of piperidine rings is 1. The van der Waals surface area contributed by atoms with Crippen LogP contribution in [0.15, 0.2) is 30.7 Å². The van der Waals surface area contributed by atoms with Gasteiger partial charge >= 0.3 is 0 Å². The van der Waals surface area contributed by atoms with Crippen molar-refractivity contribution >= 4 is 26.7 Å². The van der Waals surface area contributed by atoms with Crippen LogP contribution < -0.4 is 10.2 Å². The van der Waals surface area contributed by atoms with E-state index in [0.717, 1.165) is 61.9 Å². The van der Waals surface area contributed by atoms with Crippen LogP contribution >= 0.6 is 0 Å². The molecule has 194 valence electrons.